The van der Waals surface area contributed by atoms with Crippen LogP contribution in [-0.2, 0) is 14.6 Å². The molecule has 1 heterocycles. The lowest BCUT2D eigenvalue weighted by Crippen LogP contribution is -2.13. The van der Waals surface area contributed by atoms with Crippen molar-refractivity contribution in [1.29, 1.82) is 5.26 Å². The number of carbonyl (C=O) groups is 1. The van der Waals surface area contributed by atoms with Crippen molar-refractivity contribution in [3.8, 4) is 23.3 Å². The number of hydrogen-bond donors (Lipinski definition) is 1. The molecular formula is C23H22N4O6S2. The molecule has 0 aliphatic rings. The number of amides is 1. The van der Waals surface area contributed by atoms with E-state index < -0.39 is 15.7 Å². The molecule has 0 aliphatic carbocycles. The van der Waals surface area contributed by atoms with Gasteiger partial charge in [0.15, 0.2) is 0 Å². The van der Waals surface area contributed by atoms with Crippen molar-refractivity contribution in [2.75, 3.05) is 31.9 Å². The predicted molar refractivity (Wildman–Crippen MR) is 130 cm³/mol. The third-order valence-electron chi connectivity index (χ3n) is 4.40. The van der Waals surface area contributed by atoms with Crippen molar-refractivity contribution in [1.82, 2.24) is 9.36 Å². The summed E-state index contributed by atoms with van der Waals surface area (Å²) in [4.78, 5) is 16.1. The molecule has 1 N–H and O–H groups in total. The Balaban J connectivity index is 1.48. The molecule has 0 bridgehead atoms. The van der Waals surface area contributed by atoms with Gasteiger partial charge in [-0.25, -0.2) is 8.42 Å². The van der Waals surface area contributed by atoms with Gasteiger partial charge in [-0.1, -0.05) is 12.1 Å². The van der Waals surface area contributed by atoms with Crippen LogP contribution >= 0.6 is 11.5 Å². The Labute approximate surface area is 206 Å². The van der Waals surface area contributed by atoms with Crippen molar-refractivity contribution >= 4 is 38.5 Å². The lowest BCUT2D eigenvalue weighted by Gasteiger charge is -2.09. The highest BCUT2D eigenvalue weighted by Crippen LogP contribution is 2.19. The summed E-state index contributed by atoms with van der Waals surface area (Å²) >= 11 is 0.713. The van der Waals surface area contributed by atoms with E-state index in [1.54, 1.807) is 31.4 Å². The fraction of sp³-hybridized carbons (Fsp3) is 0.217. The van der Waals surface area contributed by atoms with E-state index in [4.69, 9.17) is 14.2 Å². The van der Waals surface area contributed by atoms with E-state index in [1.165, 1.54) is 6.08 Å². The normalized spacial score (nSPS) is 11.4. The van der Waals surface area contributed by atoms with Crippen LogP contribution in [0.3, 0.4) is 0 Å². The summed E-state index contributed by atoms with van der Waals surface area (Å²) in [5, 5.41) is 11.3. The number of methoxy groups -OCH3 is 1. The second-order valence-electron chi connectivity index (χ2n) is 7.07. The van der Waals surface area contributed by atoms with E-state index in [0.29, 0.717) is 42.5 Å². The van der Waals surface area contributed by atoms with Crippen LogP contribution in [0.1, 0.15) is 12.0 Å². The molecule has 12 heteroatoms. The number of benzene rings is 2. The maximum absolute atomic E-state index is 12.4. The minimum atomic E-state index is -3.59. The van der Waals surface area contributed by atoms with Crippen molar-refractivity contribution in [2.45, 2.75) is 11.6 Å². The van der Waals surface area contributed by atoms with Gasteiger partial charge in [-0.3, -0.25) is 10.1 Å². The van der Waals surface area contributed by atoms with Gasteiger partial charge >= 0.3 is 0 Å². The molecule has 2 aromatic carbocycles. The van der Waals surface area contributed by atoms with Gasteiger partial charge in [0, 0.05) is 24.2 Å². The van der Waals surface area contributed by atoms with Crippen molar-refractivity contribution in [2.24, 2.45) is 0 Å². The maximum Gasteiger partial charge on any atom is 0.268 e. The van der Waals surface area contributed by atoms with Crippen LogP contribution in [0.25, 0.3) is 6.08 Å². The molecule has 1 aromatic heterocycles. The number of ether oxygens (including phenoxy) is 3. The van der Waals surface area contributed by atoms with Crippen LogP contribution in [-0.4, -0.2) is 50.3 Å². The zero-order chi connectivity index (χ0) is 25.3. The molecule has 35 heavy (non-hydrogen) atoms. The molecule has 3 aromatic rings. The van der Waals surface area contributed by atoms with Crippen molar-refractivity contribution in [3.05, 3.63) is 59.7 Å². The average molecular weight is 515 g/mol. The predicted octanol–water partition coefficient (Wildman–Crippen LogP) is 3.34. The minimum Gasteiger partial charge on any atom is -0.497 e. The van der Waals surface area contributed by atoms with Gasteiger partial charge in [-0.15, -0.1) is 0 Å². The van der Waals surface area contributed by atoms with Crippen LogP contribution in [0.4, 0.5) is 5.13 Å². The summed E-state index contributed by atoms with van der Waals surface area (Å²) in [5.41, 5.74) is 0.437. The summed E-state index contributed by atoms with van der Waals surface area (Å²) in [6.07, 6.45) is 3.05. The topological polar surface area (TPSA) is 140 Å². The molecule has 0 fully saturated rings. The molecule has 0 atom stereocenters. The molecular weight excluding hydrogens is 492 g/mol. The standard InChI is InChI=1S/C23H22N4O6S2/c1-31-18-8-10-20(11-9-18)33-13-3-12-32-19-6-4-16(5-7-19)14-17(15-24)21(28)25-22-26-23(27-34-22)35(2,29)30/h4-11,14H,3,12-13H2,1-2H3,(H,25,26,27,28). The van der Waals surface area contributed by atoms with E-state index in [1.807, 2.05) is 30.3 Å². The molecule has 0 aliphatic heterocycles. The first kappa shape index (κ1) is 25.7. The Morgan fingerprint density at radius 2 is 1.63 bits per heavy atom. The van der Waals surface area contributed by atoms with Crippen molar-refractivity contribution in [3.63, 3.8) is 0 Å². The number of hydrogen-bond acceptors (Lipinski definition) is 10. The average Bonchev–Trinajstić information content (AvgIpc) is 3.32. The Morgan fingerprint density at radius 3 is 2.14 bits per heavy atom. The van der Waals surface area contributed by atoms with Gasteiger partial charge < -0.3 is 14.2 Å². The first-order valence-corrected chi connectivity index (χ1v) is 12.9. The largest absolute Gasteiger partial charge is 0.497 e. The molecule has 1 amide bonds. The summed E-state index contributed by atoms with van der Waals surface area (Å²) < 4.78 is 43.0. The SMILES string of the molecule is COc1ccc(OCCCOc2ccc(C=C(C#N)C(=O)Nc3nc(S(C)(=O)=O)ns3)cc2)cc1. The smallest absolute Gasteiger partial charge is 0.268 e. The fourth-order valence-electron chi connectivity index (χ4n) is 2.66. The first-order chi connectivity index (χ1) is 16.8. The third-order valence-corrected chi connectivity index (χ3v) is 5.99. The Hall–Kier alpha value is -3.95. The summed E-state index contributed by atoms with van der Waals surface area (Å²) in [6.45, 7) is 0.947. The highest BCUT2D eigenvalue weighted by atomic mass is 32.2. The Bertz CT molecular complexity index is 1330. The second kappa shape index (κ2) is 12.0. The van der Waals surface area contributed by atoms with Crippen molar-refractivity contribution < 1.29 is 27.4 Å². The lowest BCUT2D eigenvalue weighted by atomic mass is 10.1. The van der Waals surface area contributed by atoms with Gasteiger partial charge in [0.25, 0.3) is 11.1 Å². The third kappa shape index (κ3) is 7.80. The molecule has 0 spiro atoms. The quantitative estimate of drug-likeness (QED) is 0.232. The van der Waals surface area contributed by atoms with Crippen LogP contribution in [0.2, 0.25) is 0 Å². The summed E-state index contributed by atoms with van der Waals surface area (Å²) in [7, 11) is -1.98. The molecule has 3 rings (SSSR count). The molecule has 182 valence electrons. The number of nitriles is 1. The molecule has 0 unspecified atom stereocenters. The maximum atomic E-state index is 12.4. The van der Waals surface area contributed by atoms with E-state index in [2.05, 4.69) is 14.7 Å². The van der Waals surface area contributed by atoms with Crippen LogP contribution in [0, 0.1) is 11.3 Å². The monoisotopic (exact) mass is 514 g/mol. The van der Waals surface area contributed by atoms with E-state index >= 15 is 0 Å². The molecule has 0 saturated heterocycles. The first-order valence-electron chi connectivity index (χ1n) is 10.2. The van der Waals surface area contributed by atoms with Gasteiger partial charge in [0.1, 0.15) is 28.9 Å². The van der Waals surface area contributed by atoms with E-state index in [9.17, 15) is 18.5 Å². The number of rotatable bonds is 11. The fourth-order valence-corrected chi connectivity index (χ4v) is 4.10. The second-order valence-corrected chi connectivity index (χ2v) is 9.73. The zero-order valence-corrected chi connectivity index (χ0v) is 20.6. The van der Waals surface area contributed by atoms with Crippen LogP contribution < -0.4 is 19.5 Å². The van der Waals surface area contributed by atoms with E-state index in [-0.39, 0.29) is 15.9 Å². The van der Waals surface area contributed by atoms with Gasteiger partial charge in [0.05, 0.1) is 20.3 Å². The molecule has 10 nitrogen and oxygen atoms in total. The van der Waals surface area contributed by atoms with Gasteiger partial charge in [-0.2, -0.15) is 14.6 Å². The highest BCUT2D eigenvalue weighted by molar-refractivity contribution is 7.90. The van der Waals surface area contributed by atoms with Crippen LogP contribution in [0.15, 0.2) is 59.3 Å². The van der Waals surface area contributed by atoms with Gasteiger partial charge in [-0.05, 0) is 48.0 Å². The number of aromatic nitrogens is 2. The minimum absolute atomic E-state index is 0.0173. The number of sulfone groups is 1. The summed E-state index contributed by atoms with van der Waals surface area (Å²) in [5.74, 6) is 1.43. The number of nitrogens with one attached hydrogen (secondary N) is 1. The highest BCUT2D eigenvalue weighted by Gasteiger charge is 2.17. The number of nitrogens with zero attached hydrogens (tertiary/aromatic N) is 3. The Kier molecular flexibility index (Phi) is 8.77. The van der Waals surface area contributed by atoms with E-state index in [0.717, 1.165) is 17.8 Å². The number of anilines is 1. The molecule has 0 radical (unpaired) electrons. The van der Waals surface area contributed by atoms with Crippen LogP contribution in [0.5, 0.6) is 17.2 Å². The van der Waals surface area contributed by atoms with Gasteiger partial charge in [0.2, 0.25) is 15.0 Å². The lowest BCUT2D eigenvalue weighted by molar-refractivity contribution is -0.112. The summed E-state index contributed by atoms with van der Waals surface area (Å²) in [6, 6.07) is 16.0. The Morgan fingerprint density at radius 1 is 1.06 bits per heavy atom. The zero-order valence-electron chi connectivity index (χ0n) is 18.9. The molecule has 0 saturated carbocycles. The number of carbonyl (C=O) groups excluding carboxylic acids is 1.